The zero-order valence-corrected chi connectivity index (χ0v) is 20.1. The zero-order chi connectivity index (χ0) is 24.4. The molecule has 7 nitrogen and oxygen atoms in total. The van der Waals surface area contributed by atoms with Gasteiger partial charge in [-0.1, -0.05) is 37.3 Å². The number of benzene rings is 2. The van der Waals surface area contributed by atoms with E-state index in [-0.39, 0.29) is 43.6 Å². The topological polar surface area (TPSA) is 86.8 Å². The maximum atomic E-state index is 13.3. The molecule has 0 radical (unpaired) electrons. The van der Waals surface area contributed by atoms with Crippen molar-refractivity contribution < 1.29 is 22.4 Å². The molecule has 0 spiro atoms. The van der Waals surface area contributed by atoms with Crippen LogP contribution in [0.5, 0.6) is 0 Å². The second kappa shape index (κ2) is 12.3. The van der Waals surface area contributed by atoms with E-state index in [0.717, 1.165) is 6.26 Å². The van der Waals surface area contributed by atoms with E-state index in [9.17, 15) is 22.4 Å². The van der Waals surface area contributed by atoms with Crippen LogP contribution < -0.4 is 9.62 Å². The normalized spacial score (nSPS) is 12.1. The van der Waals surface area contributed by atoms with Crippen LogP contribution in [0.3, 0.4) is 0 Å². The lowest BCUT2D eigenvalue weighted by molar-refractivity contribution is -0.141. The lowest BCUT2D eigenvalue weighted by Gasteiger charge is -2.31. The van der Waals surface area contributed by atoms with Crippen LogP contribution in [0.4, 0.5) is 10.1 Å². The highest BCUT2D eigenvalue weighted by molar-refractivity contribution is 7.92. The van der Waals surface area contributed by atoms with E-state index in [2.05, 4.69) is 5.32 Å². The van der Waals surface area contributed by atoms with Gasteiger partial charge >= 0.3 is 0 Å². The Morgan fingerprint density at radius 3 is 2.21 bits per heavy atom. The van der Waals surface area contributed by atoms with Crippen molar-refractivity contribution in [3.05, 3.63) is 66.0 Å². The summed E-state index contributed by atoms with van der Waals surface area (Å²) in [6, 6.07) is 13.8. The largest absolute Gasteiger partial charge is 0.355 e. The number of hydrogen-bond donors (Lipinski definition) is 1. The summed E-state index contributed by atoms with van der Waals surface area (Å²) in [4.78, 5) is 27.3. The van der Waals surface area contributed by atoms with Crippen molar-refractivity contribution in [1.29, 1.82) is 0 Å². The number of nitrogens with one attached hydrogen (secondary N) is 1. The molecule has 33 heavy (non-hydrogen) atoms. The Kier molecular flexibility index (Phi) is 9.84. The van der Waals surface area contributed by atoms with Crippen LogP contribution in [0, 0.1) is 5.82 Å². The van der Waals surface area contributed by atoms with Crippen molar-refractivity contribution in [3.8, 4) is 0 Å². The number of rotatable bonds is 12. The lowest BCUT2D eigenvalue weighted by Crippen LogP contribution is -2.49. The molecule has 2 rings (SSSR count). The molecule has 9 heteroatoms. The van der Waals surface area contributed by atoms with Crippen LogP contribution in [0.25, 0.3) is 0 Å². The third-order valence-electron chi connectivity index (χ3n) is 5.20. The van der Waals surface area contributed by atoms with Crippen molar-refractivity contribution in [2.24, 2.45) is 0 Å². The number of likely N-dealkylation sites (N-methyl/N-ethyl adjacent to an activating group) is 1. The van der Waals surface area contributed by atoms with E-state index < -0.39 is 16.1 Å². The average Bonchev–Trinajstić information content (AvgIpc) is 2.77. The highest BCUT2D eigenvalue weighted by Gasteiger charge is 2.28. The number of halogens is 1. The molecule has 1 unspecified atom stereocenters. The van der Waals surface area contributed by atoms with Gasteiger partial charge in [0.2, 0.25) is 21.8 Å². The van der Waals surface area contributed by atoms with E-state index in [1.165, 1.54) is 21.3 Å². The Morgan fingerprint density at radius 1 is 1.03 bits per heavy atom. The first-order valence-electron chi connectivity index (χ1n) is 11.0. The van der Waals surface area contributed by atoms with Crippen molar-refractivity contribution in [2.45, 2.75) is 45.7 Å². The van der Waals surface area contributed by atoms with Crippen molar-refractivity contribution in [3.63, 3.8) is 0 Å². The molecule has 0 heterocycles. The molecule has 0 bridgehead atoms. The van der Waals surface area contributed by atoms with Crippen LogP contribution in [0.1, 0.15) is 38.7 Å². The van der Waals surface area contributed by atoms with Gasteiger partial charge in [-0.25, -0.2) is 12.8 Å². The van der Waals surface area contributed by atoms with Gasteiger partial charge in [-0.3, -0.25) is 13.9 Å². The molecule has 2 amide bonds. The summed E-state index contributed by atoms with van der Waals surface area (Å²) in [5.41, 5.74) is 1.24. The molecule has 0 aliphatic heterocycles. The van der Waals surface area contributed by atoms with Gasteiger partial charge in [0.1, 0.15) is 11.9 Å². The van der Waals surface area contributed by atoms with Crippen LogP contribution >= 0.6 is 0 Å². The number of sulfonamides is 1. The second-order valence-electron chi connectivity index (χ2n) is 7.74. The van der Waals surface area contributed by atoms with E-state index in [1.54, 1.807) is 49.4 Å². The quantitative estimate of drug-likeness (QED) is 0.508. The summed E-state index contributed by atoms with van der Waals surface area (Å²) in [7, 11) is -3.52. The second-order valence-corrected chi connectivity index (χ2v) is 9.65. The number of anilines is 1. The summed E-state index contributed by atoms with van der Waals surface area (Å²) >= 11 is 0. The molecule has 1 N–H and O–H groups in total. The van der Waals surface area contributed by atoms with Crippen LogP contribution in [-0.4, -0.2) is 50.5 Å². The molecule has 0 aliphatic rings. The number of nitrogens with zero attached hydrogens (tertiary/aromatic N) is 2. The summed E-state index contributed by atoms with van der Waals surface area (Å²) < 4.78 is 39.1. The predicted octanol–water partition coefficient (Wildman–Crippen LogP) is 3.32. The van der Waals surface area contributed by atoms with Crippen LogP contribution in [-0.2, 0) is 26.2 Å². The fourth-order valence-electron chi connectivity index (χ4n) is 3.60. The molecule has 180 valence electrons. The van der Waals surface area contributed by atoms with Crippen molar-refractivity contribution in [2.75, 3.05) is 23.7 Å². The molecule has 0 saturated heterocycles. The number of para-hydroxylation sites is 1. The number of carbonyl (C=O) groups excluding carboxylic acids is 2. The molecular weight excluding hydrogens is 445 g/mol. The van der Waals surface area contributed by atoms with Gasteiger partial charge in [0.15, 0.2) is 0 Å². The van der Waals surface area contributed by atoms with Gasteiger partial charge in [-0.2, -0.15) is 0 Å². The monoisotopic (exact) mass is 477 g/mol. The Hall–Kier alpha value is -2.94. The average molecular weight is 478 g/mol. The Morgan fingerprint density at radius 2 is 1.67 bits per heavy atom. The predicted molar refractivity (Wildman–Crippen MR) is 128 cm³/mol. The first-order chi connectivity index (χ1) is 15.7. The number of amides is 2. The molecule has 1 atom stereocenters. The van der Waals surface area contributed by atoms with Gasteiger partial charge < -0.3 is 10.2 Å². The minimum absolute atomic E-state index is 0.0654. The Balaban J connectivity index is 2.17. The minimum Gasteiger partial charge on any atom is -0.355 e. The standard InChI is InChI=1S/C24H32FN3O4S/c1-4-22(24(30)26-5-2)27(18-19-13-15-20(25)16-14-19)23(29)12-9-17-28(33(3,31)32)21-10-7-6-8-11-21/h6-8,10-11,13-16,22H,4-5,9,12,17-18H2,1-3H3,(H,26,30). The molecule has 0 fully saturated rings. The van der Waals surface area contributed by atoms with E-state index in [4.69, 9.17) is 0 Å². The summed E-state index contributed by atoms with van der Waals surface area (Å²) in [6.07, 6.45) is 1.89. The van der Waals surface area contributed by atoms with Gasteiger partial charge in [-0.15, -0.1) is 0 Å². The smallest absolute Gasteiger partial charge is 0.242 e. The van der Waals surface area contributed by atoms with Crippen LogP contribution in [0.2, 0.25) is 0 Å². The summed E-state index contributed by atoms with van der Waals surface area (Å²) in [5.74, 6) is -0.898. The zero-order valence-electron chi connectivity index (χ0n) is 19.3. The first-order valence-corrected chi connectivity index (χ1v) is 12.9. The van der Waals surface area contributed by atoms with Crippen LogP contribution in [0.15, 0.2) is 54.6 Å². The SMILES string of the molecule is CCNC(=O)C(CC)N(Cc1ccc(F)cc1)C(=O)CCCN(c1ccccc1)S(C)(=O)=O. The molecule has 0 aliphatic carbocycles. The van der Waals surface area contributed by atoms with Crippen molar-refractivity contribution >= 4 is 27.5 Å². The van der Waals surface area contributed by atoms with E-state index in [0.29, 0.717) is 24.2 Å². The third kappa shape index (κ3) is 7.85. The van der Waals surface area contributed by atoms with Gasteiger partial charge in [-0.05, 0) is 49.6 Å². The highest BCUT2D eigenvalue weighted by atomic mass is 32.2. The van der Waals surface area contributed by atoms with Gasteiger partial charge in [0, 0.05) is 26.1 Å². The molecule has 0 saturated carbocycles. The number of carbonyl (C=O) groups is 2. The fraction of sp³-hybridized carbons (Fsp3) is 0.417. The van der Waals surface area contributed by atoms with Gasteiger partial charge in [0.05, 0.1) is 11.9 Å². The minimum atomic E-state index is -3.52. The highest BCUT2D eigenvalue weighted by Crippen LogP contribution is 2.19. The summed E-state index contributed by atoms with van der Waals surface area (Å²) in [5, 5.41) is 2.76. The maximum Gasteiger partial charge on any atom is 0.242 e. The van der Waals surface area contributed by atoms with Gasteiger partial charge in [0.25, 0.3) is 0 Å². The maximum absolute atomic E-state index is 13.3. The Labute approximate surface area is 195 Å². The Bertz CT molecular complexity index is 1010. The molecular formula is C24H32FN3O4S. The lowest BCUT2D eigenvalue weighted by atomic mass is 10.1. The van der Waals surface area contributed by atoms with E-state index in [1.807, 2.05) is 6.92 Å². The summed E-state index contributed by atoms with van der Waals surface area (Å²) in [6.45, 7) is 4.36. The molecule has 2 aromatic rings. The molecule has 0 aromatic heterocycles. The number of hydrogen-bond acceptors (Lipinski definition) is 4. The molecule has 2 aromatic carbocycles. The first kappa shape index (κ1) is 26.3. The van der Waals surface area contributed by atoms with E-state index >= 15 is 0 Å². The van der Waals surface area contributed by atoms with Crippen molar-refractivity contribution in [1.82, 2.24) is 10.2 Å². The fourth-order valence-corrected chi connectivity index (χ4v) is 4.56. The third-order valence-corrected chi connectivity index (χ3v) is 6.39.